The van der Waals surface area contributed by atoms with E-state index in [-0.39, 0.29) is 0 Å². The van der Waals surface area contributed by atoms with E-state index in [0.717, 1.165) is 17.8 Å². The Hall–Kier alpha value is -0.520. The molecule has 0 aromatic carbocycles. The van der Waals surface area contributed by atoms with E-state index in [1.807, 2.05) is 0 Å². The van der Waals surface area contributed by atoms with Crippen molar-refractivity contribution in [2.75, 3.05) is 0 Å². The summed E-state index contributed by atoms with van der Waals surface area (Å²) in [6, 6.07) is 0. The SMILES string of the molecule is CCC1=CC(C)=CC(C)CC2CC12. The molecule has 0 nitrogen and oxygen atoms in total. The van der Waals surface area contributed by atoms with Crippen molar-refractivity contribution in [3.63, 3.8) is 0 Å². The highest BCUT2D eigenvalue weighted by Gasteiger charge is 2.39. The molecule has 0 N–H and O–H groups in total. The summed E-state index contributed by atoms with van der Waals surface area (Å²) >= 11 is 0. The second kappa shape index (κ2) is 3.32. The maximum absolute atomic E-state index is 2.43. The van der Waals surface area contributed by atoms with Crippen LogP contribution in [0.5, 0.6) is 0 Å². The third-order valence-corrected chi connectivity index (χ3v) is 3.44. The summed E-state index contributed by atoms with van der Waals surface area (Å²) in [4.78, 5) is 0. The fraction of sp³-hybridized carbons (Fsp3) is 0.692. The molecular formula is C13H20. The number of hydrogen-bond acceptors (Lipinski definition) is 0. The number of fused-ring (bicyclic) bond motifs is 1. The molecule has 1 fully saturated rings. The molecule has 2 rings (SSSR count). The molecule has 13 heavy (non-hydrogen) atoms. The Labute approximate surface area is 81.7 Å². The number of rotatable bonds is 1. The van der Waals surface area contributed by atoms with Crippen LogP contribution >= 0.6 is 0 Å². The maximum Gasteiger partial charge on any atom is -0.0168 e. The van der Waals surface area contributed by atoms with Gasteiger partial charge in [-0.1, -0.05) is 37.1 Å². The fourth-order valence-corrected chi connectivity index (χ4v) is 2.77. The van der Waals surface area contributed by atoms with Crippen molar-refractivity contribution in [1.82, 2.24) is 0 Å². The van der Waals surface area contributed by atoms with Crippen molar-refractivity contribution in [3.05, 3.63) is 23.3 Å². The van der Waals surface area contributed by atoms with Crippen LogP contribution in [-0.4, -0.2) is 0 Å². The highest BCUT2D eigenvalue weighted by molar-refractivity contribution is 5.28. The van der Waals surface area contributed by atoms with E-state index in [0.29, 0.717) is 0 Å². The Balaban J connectivity index is 2.22. The predicted octanol–water partition coefficient (Wildman–Crippen LogP) is 3.95. The van der Waals surface area contributed by atoms with Crippen LogP contribution < -0.4 is 0 Å². The second-order valence-electron chi connectivity index (χ2n) is 4.80. The Morgan fingerprint density at radius 1 is 1.38 bits per heavy atom. The summed E-state index contributed by atoms with van der Waals surface area (Å²) < 4.78 is 0. The van der Waals surface area contributed by atoms with E-state index in [1.54, 1.807) is 5.57 Å². The normalized spacial score (nSPS) is 38.2. The summed E-state index contributed by atoms with van der Waals surface area (Å²) in [7, 11) is 0. The summed E-state index contributed by atoms with van der Waals surface area (Å²) in [5.41, 5.74) is 3.18. The van der Waals surface area contributed by atoms with Gasteiger partial charge >= 0.3 is 0 Å². The van der Waals surface area contributed by atoms with Gasteiger partial charge in [0.1, 0.15) is 0 Å². The molecule has 0 spiro atoms. The standard InChI is InChI=1S/C13H20/c1-4-11-6-9(2)5-10(3)7-12-8-13(11)12/h5-6,10,12-13H,4,7-8H2,1-3H3. The zero-order valence-corrected chi connectivity index (χ0v) is 9.01. The molecule has 0 radical (unpaired) electrons. The average molecular weight is 176 g/mol. The first-order valence-corrected chi connectivity index (χ1v) is 5.59. The maximum atomic E-state index is 2.43. The van der Waals surface area contributed by atoms with E-state index in [2.05, 4.69) is 32.9 Å². The van der Waals surface area contributed by atoms with E-state index < -0.39 is 0 Å². The summed E-state index contributed by atoms with van der Waals surface area (Å²) in [5.74, 6) is 2.77. The lowest BCUT2D eigenvalue weighted by atomic mass is 9.93. The highest BCUT2D eigenvalue weighted by Crippen LogP contribution is 2.50. The molecule has 0 saturated heterocycles. The van der Waals surface area contributed by atoms with Crippen LogP contribution in [0.4, 0.5) is 0 Å². The zero-order valence-electron chi connectivity index (χ0n) is 9.01. The third kappa shape index (κ3) is 1.87. The summed E-state index contributed by atoms with van der Waals surface area (Å²) in [5, 5.41) is 0. The topological polar surface area (TPSA) is 0 Å². The number of hydrogen-bond donors (Lipinski definition) is 0. The van der Waals surface area contributed by atoms with E-state index in [9.17, 15) is 0 Å². The van der Waals surface area contributed by atoms with Gasteiger partial charge in [-0.2, -0.15) is 0 Å². The first kappa shape index (κ1) is 9.05. The smallest absolute Gasteiger partial charge is 0.0168 e. The van der Waals surface area contributed by atoms with Crippen LogP contribution in [0.2, 0.25) is 0 Å². The monoisotopic (exact) mass is 176 g/mol. The number of allylic oxidation sites excluding steroid dienone is 4. The van der Waals surface area contributed by atoms with Crippen LogP contribution in [0.1, 0.15) is 40.0 Å². The van der Waals surface area contributed by atoms with Gasteiger partial charge < -0.3 is 0 Å². The molecule has 0 heterocycles. The van der Waals surface area contributed by atoms with Gasteiger partial charge in [-0.15, -0.1) is 0 Å². The minimum absolute atomic E-state index is 0.796. The molecule has 1 saturated carbocycles. The Morgan fingerprint density at radius 3 is 2.85 bits per heavy atom. The van der Waals surface area contributed by atoms with Crippen LogP contribution in [0.25, 0.3) is 0 Å². The van der Waals surface area contributed by atoms with Crippen molar-refractivity contribution >= 4 is 0 Å². The molecule has 0 aromatic heterocycles. The molecule has 0 bridgehead atoms. The van der Waals surface area contributed by atoms with Gasteiger partial charge in [0.15, 0.2) is 0 Å². The minimum Gasteiger partial charge on any atom is -0.0787 e. The second-order valence-corrected chi connectivity index (χ2v) is 4.80. The Morgan fingerprint density at radius 2 is 2.15 bits per heavy atom. The van der Waals surface area contributed by atoms with E-state index in [4.69, 9.17) is 0 Å². The van der Waals surface area contributed by atoms with Gasteiger partial charge in [0.25, 0.3) is 0 Å². The van der Waals surface area contributed by atoms with Crippen LogP contribution in [0, 0.1) is 17.8 Å². The fourth-order valence-electron chi connectivity index (χ4n) is 2.77. The van der Waals surface area contributed by atoms with Crippen molar-refractivity contribution in [2.45, 2.75) is 40.0 Å². The molecule has 3 unspecified atom stereocenters. The molecular weight excluding hydrogens is 156 g/mol. The third-order valence-electron chi connectivity index (χ3n) is 3.44. The first-order valence-electron chi connectivity index (χ1n) is 5.59. The van der Waals surface area contributed by atoms with Crippen LogP contribution in [-0.2, 0) is 0 Å². The molecule has 0 amide bonds. The summed E-state index contributed by atoms with van der Waals surface area (Å²) in [6.07, 6.45) is 9.00. The highest BCUT2D eigenvalue weighted by atomic mass is 14.4. The van der Waals surface area contributed by atoms with Crippen LogP contribution in [0.3, 0.4) is 0 Å². The molecule has 0 aromatic rings. The predicted molar refractivity (Wildman–Crippen MR) is 57.5 cm³/mol. The van der Waals surface area contributed by atoms with Crippen molar-refractivity contribution in [3.8, 4) is 0 Å². The molecule has 0 heteroatoms. The van der Waals surface area contributed by atoms with Gasteiger partial charge in [-0.05, 0) is 43.9 Å². The van der Waals surface area contributed by atoms with Crippen molar-refractivity contribution in [1.29, 1.82) is 0 Å². The van der Waals surface area contributed by atoms with Crippen LogP contribution in [0.15, 0.2) is 23.3 Å². The van der Waals surface area contributed by atoms with Gasteiger partial charge in [-0.3, -0.25) is 0 Å². The van der Waals surface area contributed by atoms with E-state index in [1.165, 1.54) is 24.8 Å². The van der Waals surface area contributed by atoms with E-state index >= 15 is 0 Å². The lowest BCUT2D eigenvalue weighted by molar-refractivity contribution is 0.561. The zero-order chi connectivity index (χ0) is 9.42. The Kier molecular flexibility index (Phi) is 2.31. The lowest BCUT2D eigenvalue weighted by Crippen LogP contribution is -1.99. The Bertz CT molecular complexity index is 257. The van der Waals surface area contributed by atoms with Gasteiger partial charge in [-0.25, -0.2) is 0 Å². The minimum atomic E-state index is 0.796. The average Bonchev–Trinajstić information content (AvgIpc) is 2.76. The molecule has 72 valence electrons. The first-order chi connectivity index (χ1) is 6.20. The lowest BCUT2D eigenvalue weighted by Gasteiger charge is -2.12. The van der Waals surface area contributed by atoms with Gasteiger partial charge in [0.05, 0.1) is 0 Å². The molecule has 0 aliphatic heterocycles. The van der Waals surface area contributed by atoms with Crippen molar-refractivity contribution in [2.24, 2.45) is 17.8 Å². The van der Waals surface area contributed by atoms with Gasteiger partial charge in [0, 0.05) is 0 Å². The van der Waals surface area contributed by atoms with Crippen molar-refractivity contribution < 1.29 is 0 Å². The molecule has 3 atom stereocenters. The molecule has 2 aliphatic rings. The molecule has 2 aliphatic carbocycles. The quantitative estimate of drug-likeness (QED) is 0.567. The largest absolute Gasteiger partial charge is 0.0787 e. The summed E-state index contributed by atoms with van der Waals surface area (Å²) in [6.45, 7) is 6.89. The van der Waals surface area contributed by atoms with Gasteiger partial charge in [0.2, 0.25) is 0 Å².